The molecule has 21 heteroatoms. The number of fused-ring (bicyclic) bond motifs is 2. The van der Waals surface area contributed by atoms with Crippen LogP contribution < -0.4 is 60.1 Å². The normalized spacial score (nSPS) is 17.2. The summed E-state index contributed by atoms with van der Waals surface area (Å²) in [5.41, 5.74) is 3.93. The van der Waals surface area contributed by atoms with E-state index in [1.54, 1.807) is 109 Å². The number of nitrogens with zero attached hydrogens (tertiary/aromatic N) is 6. The van der Waals surface area contributed by atoms with Gasteiger partial charge in [0.05, 0.1) is 75.0 Å². The molecule has 13 heterocycles. The van der Waals surface area contributed by atoms with Crippen molar-refractivity contribution in [2.24, 2.45) is 0 Å². The Morgan fingerprint density at radius 2 is 0.489 bits per heavy atom. The van der Waals surface area contributed by atoms with E-state index in [0.717, 1.165) is 26.9 Å². The highest BCUT2D eigenvalue weighted by Gasteiger charge is 2.56. The summed E-state index contributed by atoms with van der Waals surface area (Å²) in [5, 5.41) is 1.69. The molecule has 0 radical (unpaired) electrons. The van der Waals surface area contributed by atoms with E-state index < -0.39 is 20.9 Å². The SMILES string of the molecule is COc1c(OC)c2ccc1=C1C=CC3=[N+]1[B-](F)(F)n1c(ccc1=c1ccc(c(OC)c1OC)=C1C=CC4=[N+]1[B-](F)(F)n1c(ccc1=c1ccc(c(OC)c1OC)=c1ccc5n1[B-](F)(F)[N+]1=C(C=CC=21)C=5c1ccccc1)=C4c1ccccc1)=C3c1ccccc1. The summed E-state index contributed by atoms with van der Waals surface area (Å²) in [5.74, 6) is 0.0329. The van der Waals surface area contributed by atoms with E-state index in [9.17, 15) is 0 Å². The van der Waals surface area contributed by atoms with Gasteiger partial charge in [-0.15, -0.1) is 0 Å². The van der Waals surface area contributed by atoms with Crippen molar-refractivity contribution >= 4 is 71.9 Å². The van der Waals surface area contributed by atoms with Gasteiger partial charge < -0.3 is 81.2 Å². The van der Waals surface area contributed by atoms with E-state index in [1.807, 2.05) is 91.0 Å². The Hall–Kier alpha value is -10.8. The Labute approximate surface area is 508 Å². The van der Waals surface area contributed by atoms with Crippen molar-refractivity contribution in [2.45, 2.75) is 0 Å². The number of hydrogen-bond donors (Lipinski definition) is 0. The first-order valence-corrected chi connectivity index (χ1v) is 29.1. The highest BCUT2D eigenvalue weighted by molar-refractivity contribution is 6.61. The van der Waals surface area contributed by atoms with Crippen LogP contribution in [-0.2, 0) is 0 Å². The van der Waals surface area contributed by atoms with Crippen LogP contribution in [0.4, 0.5) is 25.9 Å². The fourth-order valence-electron chi connectivity index (χ4n) is 14.8. The number of halogens is 6. The summed E-state index contributed by atoms with van der Waals surface area (Å²) in [4.78, 5) is 0. The van der Waals surface area contributed by atoms with Gasteiger partial charge in [0.15, 0.2) is 68.7 Å². The lowest BCUT2D eigenvalue weighted by molar-refractivity contribution is -0.318. The Morgan fingerprint density at radius 3 is 0.733 bits per heavy atom. The molecule has 12 nitrogen and oxygen atoms in total. The second-order valence-electron chi connectivity index (χ2n) is 22.5. The molecule has 0 saturated heterocycles. The number of hydrogen-bond acceptors (Lipinski definition) is 6. The minimum atomic E-state index is -4.90. The van der Waals surface area contributed by atoms with E-state index in [0.29, 0.717) is 33.4 Å². The largest absolute Gasteiger partial charge is 0.737 e. The van der Waals surface area contributed by atoms with Crippen molar-refractivity contribution in [2.75, 3.05) is 42.7 Å². The van der Waals surface area contributed by atoms with Gasteiger partial charge in [0.2, 0.25) is 0 Å². The second-order valence-corrected chi connectivity index (χ2v) is 22.5. The van der Waals surface area contributed by atoms with Gasteiger partial charge in [-0.1, -0.05) is 91.0 Å². The maximum Gasteiger partial charge on any atom is 0.737 e. The van der Waals surface area contributed by atoms with Crippen molar-refractivity contribution < 1.29 is 67.8 Å². The van der Waals surface area contributed by atoms with E-state index in [4.69, 9.17) is 28.4 Å². The van der Waals surface area contributed by atoms with Gasteiger partial charge in [0.1, 0.15) is 0 Å². The van der Waals surface area contributed by atoms with Gasteiger partial charge in [-0.25, -0.2) is 0 Å². The molecule has 0 amide bonds. The van der Waals surface area contributed by atoms with Gasteiger partial charge in [-0.3, -0.25) is 0 Å². The molecule has 0 fully saturated rings. The second kappa shape index (κ2) is 19.6. The first-order chi connectivity index (χ1) is 43.7. The van der Waals surface area contributed by atoms with Crippen LogP contribution in [0.1, 0.15) is 16.7 Å². The van der Waals surface area contributed by atoms with Crippen LogP contribution in [0.5, 0.6) is 34.5 Å². The molecule has 3 aromatic heterocycles. The molecular weight excluding hydrogens is 1160 g/mol. The van der Waals surface area contributed by atoms with Crippen molar-refractivity contribution in [3.63, 3.8) is 0 Å². The van der Waals surface area contributed by atoms with Crippen LogP contribution in [0, 0.1) is 31.7 Å². The van der Waals surface area contributed by atoms with Gasteiger partial charge in [-0.2, -0.15) is 0 Å². The lowest BCUT2D eigenvalue weighted by Crippen LogP contribution is -2.56. The van der Waals surface area contributed by atoms with Crippen LogP contribution >= 0.6 is 0 Å². The summed E-state index contributed by atoms with van der Waals surface area (Å²) < 4.78 is 156. The summed E-state index contributed by atoms with van der Waals surface area (Å²) in [6.45, 7) is -14.7. The molecule has 0 saturated carbocycles. The fourth-order valence-corrected chi connectivity index (χ4v) is 14.8. The topological polar surface area (TPSA) is 79.2 Å². The molecule has 90 heavy (non-hydrogen) atoms. The zero-order valence-corrected chi connectivity index (χ0v) is 49.2. The van der Waals surface area contributed by atoms with E-state index in [1.165, 1.54) is 42.7 Å². The number of ether oxygens (including phenoxy) is 6. The Morgan fingerprint density at radius 1 is 0.267 bits per heavy atom. The standard InChI is InChI=1S/C69H51B3F6N6O6/c1-85-64-43-22-23-44(65(64)86-2)50-29-35-56-62(41-18-12-8-13-19-41)58-37-31-52(82(58)71(75,76)80(50)56)46-26-27-48(69(90-6)67(46)88-4)54-33-39-60-63(42-20-14-9-15-21-42)59-38-32-53(83(59)72(77,78)84(54)60)47-25-24-45(66(87-3)68(47)89-5)51-30-36-57-61(40-16-10-7-11-17-40)55-34-28-49(43)79(55)70(73,74)81(51)57/h7-39H,1-6H3. The third kappa shape index (κ3) is 7.16. The molecular formula is C69H51B3F6N6O6. The lowest BCUT2D eigenvalue weighted by Gasteiger charge is -2.30. The van der Waals surface area contributed by atoms with Crippen LogP contribution in [0.15, 0.2) is 200 Å². The highest BCUT2D eigenvalue weighted by Crippen LogP contribution is 2.39. The van der Waals surface area contributed by atoms with Crippen LogP contribution in [-0.4, -0.2) is 108 Å². The van der Waals surface area contributed by atoms with E-state index in [2.05, 4.69) is 0 Å². The Kier molecular flexibility index (Phi) is 11.9. The quantitative estimate of drug-likeness (QED) is 0.113. The number of benzene rings is 6. The first kappa shape index (κ1) is 54.6. The Balaban J connectivity index is 1.12. The molecule has 0 spiro atoms. The Bertz CT molecular complexity index is 5730. The summed E-state index contributed by atoms with van der Waals surface area (Å²) >= 11 is 0. The van der Waals surface area contributed by atoms with Crippen LogP contribution in [0.3, 0.4) is 0 Å². The predicted molar refractivity (Wildman–Crippen MR) is 333 cm³/mol. The summed E-state index contributed by atoms with van der Waals surface area (Å²) in [6.07, 6.45) is 9.66. The monoisotopic (exact) mass is 1210 g/mol. The zero-order valence-electron chi connectivity index (χ0n) is 49.2. The third-order valence-electron chi connectivity index (χ3n) is 18.3. The van der Waals surface area contributed by atoms with E-state index >= 15 is 25.9 Å². The molecule has 12 bridgehead atoms. The minimum absolute atomic E-state index is 0.00548. The van der Waals surface area contributed by atoms with Crippen LogP contribution in [0.25, 0.3) is 33.8 Å². The van der Waals surface area contributed by atoms with Crippen molar-refractivity contribution in [3.8, 4) is 34.5 Å². The smallest absolute Gasteiger partial charge is 0.492 e. The fraction of sp³-hybridized carbons (Fsp3) is 0.0870. The highest BCUT2D eigenvalue weighted by atomic mass is 19.3. The minimum Gasteiger partial charge on any atom is -0.492 e. The maximum absolute atomic E-state index is 18.9. The number of rotatable bonds is 9. The summed E-state index contributed by atoms with van der Waals surface area (Å²) in [7, 11) is 8.26. The number of allylic oxidation sites excluding steroid dienone is 3. The van der Waals surface area contributed by atoms with E-state index in [-0.39, 0.29) is 132 Å². The van der Waals surface area contributed by atoms with Gasteiger partial charge in [0.25, 0.3) is 0 Å². The molecule has 0 N–H and O–H groups in total. The van der Waals surface area contributed by atoms with Gasteiger partial charge >= 0.3 is 20.9 Å². The summed E-state index contributed by atoms with van der Waals surface area (Å²) in [6, 6.07) is 46.7. The van der Waals surface area contributed by atoms with Gasteiger partial charge in [-0.05, 0) is 89.5 Å². The average molecular weight is 1210 g/mol. The molecule has 9 aromatic rings. The van der Waals surface area contributed by atoms with Crippen molar-refractivity contribution in [1.82, 2.24) is 13.4 Å². The van der Waals surface area contributed by atoms with Crippen LogP contribution in [0.2, 0.25) is 0 Å². The molecule has 0 aliphatic carbocycles. The first-order valence-electron chi connectivity index (χ1n) is 29.1. The van der Waals surface area contributed by atoms with Crippen molar-refractivity contribution in [1.29, 1.82) is 0 Å². The average Bonchev–Trinajstić information content (AvgIpc) is 1.48. The molecule has 444 valence electrons. The third-order valence-corrected chi connectivity index (χ3v) is 18.3. The molecule has 10 aliphatic heterocycles. The maximum atomic E-state index is 18.9. The predicted octanol–water partition coefficient (Wildman–Crippen LogP) is 7.12. The zero-order chi connectivity index (χ0) is 61.9. The molecule has 10 aliphatic rings. The molecule has 19 rings (SSSR count). The van der Waals surface area contributed by atoms with Gasteiger partial charge in [0, 0.05) is 84.2 Å². The number of methoxy groups -OCH3 is 6. The molecule has 6 aromatic carbocycles. The van der Waals surface area contributed by atoms with Crippen molar-refractivity contribution in [3.05, 3.63) is 280 Å². The lowest BCUT2D eigenvalue weighted by atomic mass is 9.87. The molecule has 0 unspecified atom stereocenters. The molecule has 0 atom stereocenters. The number of aromatic nitrogens is 3.